The third kappa shape index (κ3) is 6.64. The summed E-state index contributed by atoms with van der Waals surface area (Å²) in [6, 6.07) is 14.8. The fraction of sp³-hybridized carbons (Fsp3) is 0.455. The normalized spacial score (nSPS) is 28.8. The number of methoxy groups -OCH3 is 1. The maximum absolute atomic E-state index is 12.5. The van der Waals surface area contributed by atoms with Crippen molar-refractivity contribution in [1.29, 1.82) is 0 Å². The first-order valence-electron chi connectivity index (χ1n) is 10.7. The van der Waals surface area contributed by atoms with Gasteiger partial charge in [0.15, 0.2) is 12.9 Å². The summed E-state index contributed by atoms with van der Waals surface area (Å²) in [6.45, 7) is -2.23. The van der Waals surface area contributed by atoms with Gasteiger partial charge in [-0.15, -0.1) is 0 Å². The Balaban J connectivity index is 1.56. The standard InChI is InChI=1S/C22H23F3O10S/c1-29-14-7-9-15(10-8-14)32-21-17(26)19(35-36(27,28)31-12-22(23,24)25)18-16(33-21)11-30-20(34-18)13-5-3-2-4-6-13/h2-10,16-21,26H,11-12H2,1H3/t16-,17-,18+,19-,20-,21-/m1/s1. The molecular weight excluding hydrogens is 513 g/mol. The highest BCUT2D eigenvalue weighted by atomic mass is 32.3. The number of hydrogen-bond acceptors (Lipinski definition) is 10. The van der Waals surface area contributed by atoms with Crippen LogP contribution in [0.25, 0.3) is 0 Å². The molecule has 198 valence electrons. The van der Waals surface area contributed by atoms with E-state index in [2.05, 4.69) is 4.18 Å². The Morgan fingerprint density at radius 2 is 1.69 bits per heavy atom. The predicted octanol–water partition coefficient (Wildman–Crippen LogP) is 2.48. The molecule has 2 aromatic carbocycles. The van der Waals surface area contributed by atoms with Crippen LogP contribution in [0.4, 0.5) is 13.2 Å². The van der Waals surface area contributed by atoms with Crippen LogP contribution in [0.3, 0.4) is 0 Å². The van der Waals surface area contributed by atoms with Gasteiger partial charge in [0.25, 0.3) is 0 Å². The van der Waals surface area contributed by atoms with Crippen LogP contribution in [0, 0.1) is 0 Å². The monoisotopic (exact) mass is 536 g/mol. The van der Waals surface area contributed by atoms with Crippen LogP contribution in [0.5, 0.6) is 11.5 Å². The van der Waals surface area contributed by atoms with Gasteiger partial charge in [-0.05, 0) is 24.3 Å². The molecule has 36 heavy (non-hydrogen) atoms. The molecule has 4 rings (SSSR count). The lowest BCUT2D eigenvalue weighted by molar-refractivity contribution is -0.346. The number of alkyl halides is 3. The molecule has 1 N–H and O–H groups in total. The van der Waals surface area contributed by atoms with Gasteiger partial charge >= 0.3 is 16.6 Å². The van der Waals surface area contributed by atoms with E-state index >= 15 is 0 Å². The Morgan fingerprint density at radius 3 is 2.33 bits per heavy atom. The van der Waals surface area contributed by atoms with Crippen molar-refractivity contribution in [3.05, 3.63) is 60.2 Å². The van der Waals surface area contributed by atoms with Crippen molar-refractivity contribution in [2.75, 3.05) is 20.3 Å². The number of hydrogen-bond donors (Lipinski definition) is 1. The SMILES string of the molecule is COc1ccc(O[C@@H]2O[C@@H]3CO[C@@H](c4ccccc4)O[C@@H]3[C@H](OS(=O)(=O)OCC(F)(F)F)[C@H]2O)cc1. The predicted molar refractivity (Wildman–Crippen MR) is 114 cm³/mol. The van der Waals surface area contributed by atoms with Gasteiger partial charge in [0.05, 0.1) is 13.7 Å². The number of aliphatic hydroxyl groups is 1. The number of fused-ring (bicyclic) bond motifs is 1. The molecule has 2 fully saturated rings. The second kappa shape index (κ2) is 10.9. The lowest BCUT2D eigenvalue weighted by atomic mass is 9.98. The third-order valence-electron chi connectivity index (χ3n) is 5.29. The van der Waals surface area contributed by atoms with Gasteiger partial charge < -0.3 is 28.8 Å². The van der Waals surface area contributed by atoms with Crippen molar-refractivity contribution >= 4 is 10.4 Å². The molecule has 0 amide bonds. The topological polar surface area (TPSA) is 119 Å². The molecule has 2 aliphatic rings. The van der Waals surface area contributed by atoms with E-state index in [4.69, 9.17) is 27.9 Å². The molecule has 14 heteroatoms. The van der Waals surface area contributed by atoms with Gasteiger partial charge in [-0.3, -0.25) is 0 Å². The van der Waals surface area contributed by atoms with E-state index in [1.807, 2.05) is 0 Å². The van der Waals surface area contributed by atoms with Crippen LogP contribution < -0.4 is 9.47 Å². The van der Waals surface area contributed by atoms with E-state index in [9.17, 15) is 26.7 Å². The quantitative estimate of drug-likeness (QED) is 0.539. The first-order chi connectivity index (χ1) is 17.0. The van der Waals surface area contributed by atoms with Gasteiger partial charge in [0.2, 0.25) is 6.29 Å². The molecule has 2 aliphatic heterocycles. The van der Waals surface area contributed by atoms with Crippen LogP contribution >= 0.6 is 0 Å². The Bertz CT molecular complexity index is 1100. The largest absolute Gasteiger partial charge is 0.497 e. The molecule has 0 radical (unpaired) electrons. The molecule has 10 nitrogen and oxygen atoms in total. The fourth-order valence-electron chi connectivity index (χ4n) is 3.64. The molecular formula is C22H23F3O10S. The second-order valence-corrected chi connectivity index (χ2v) is 9.09. The van der Waals surface area contributed by atoms with E-state index in [0.717, 1.165) is 0 Å². The summed E-state index contributed by atoms with van der Waals surface area (Å²) in [5.41, 5.74) is 0.581. The molecule has 6 atom stereocenters. The minimum absolute atomic E-state index is 0.122. The number of ether oxygens (including phenoxy) is 5. The Kier molecular flexibility index (Phi) is 8.04. The van der Waals surface area contributed by atoms with Crippen molar-refractivity contribution < 1.29 is 58.7 Å². The first-order valence-corrected chi connectivity index (χ1v) is 12.0. The number of aliphatic hydroxyl groups excluding tert-OH is 1. The van der Waals surface area contributed by atoms with Gasteiger partial charge in [-0.2, -0.15) is 21.6 Å². The average Bonchev–Trinajstić information content (AvgIpc) is 2.86. The minimum Gasteiger partial charge on any atom is -0.497 e. The van der Waals surface area contributed by atoms with Gasteiger partial charge in [-0.1, -0.05) is 30.3 Å². The lowest BCUT2D eigenvalue weighted by Crippen LogP contribution is -2.64. The molecule has 0 saturated carbocycles. The minimum atomic E-state index is -5.21. The maximum atomic E-state index is 12.5. The smallest absolute Gasteiger partial charge is 0.413 e. The van der Waals surface area contributed by atoms with Crippen LogP contribution in [0.1, 0.15) is 11.9 Å². The van der Waals surface area contributed by atoms with E-state index < -0.39 is 60.2 Å². The van der Waals surface area contributed by atoms with E-state index in [1.165, 1.54) is 19.2 Å². The molecule has 0 spiro atoms. The van der Waals surface area contributed by atoms with Crippen molar-refractivity contribution in [3.63, 3.8) is 0 Å². The Hall–Kier alpha value is -2.46. The summed E-state index contributed by atoms with van der Waals surface area (Å²) < 4.78 is 98.8. The molecule has 2 saturated heterocycles. The highest BCUT2D eigenvalue weighted by Crippen LogP contribution is 2.37. The summed E-state index contributed by atoms with van der Waals surface area (Å²) in [6.07, 6.45) is -13.2. The maximum Gasteiger partial charge on any atom is 0.413 e. The number of benzene rings is 2. The van der Waals surface area contributed by atoms with Gasteiger partial charge in [0, 0.05) is 5.56 Å². The summed E-state index contributed by atoms with van der Waals surface area (Å²) in [7, 11) is -3.74. The molecule has 0 aromatic heterocycles. The van der Waals surface area contributed by atoms with Crippen molar-refractivity contribution in [2.24, 2.45) is 0 Å². The van der Waals surface area contributed by atoms with Crippen molar-refractivity contribution in [3.8, 4) is 11.5 Å². The summed E-state index contributed by atoms with van der Waals surface area (Å²) in [4.78, 5) is 0. The zero-order valence-corrected chi connectivity index (χ0v) is 19.6. The molecule has 2 heterocycles. The van der Waals surface area contributed by atoms with Crippen molar-refractivity contribution in [1.82, 2.24) is 0 Å². The Morgan fingerprint density at radius 1 is 1.03 bits per heavy atom. The van der Waals surface area contributed by atoms with Crippen LogP contribution in [0.2, 0.25) is 0 Å². The molecule has 0 aliphatic carbocycles. The summed E-state index contributed by atoms with van der Waals surface area (Å²) in [5, 5.41) is 10.9. The lowest BCUT2D eigenvalue weighted by Gasteiger charge is -2.46. The highest BCUT2D eigenvalue weighted by Gasteiger charge is 2.53. The first kappa shape index (κ1) is 26.6. The van der Waals surface area contributed by atoms with Crippen molar-refractivity contribution in [2.45, 2.75) is 43.2 Å². The zero-order valence-electron chi connectivity index (χ0n) is 18.7. The third-order valence-corrected chi connectivity index (χ3v) is 6.15. The fourth-order valence-corrected chi connectivity index (χ4v) is 4.47. The number of rotatable bonds is 8. The van der Waals surface area contributed by atoms with Crippen LogP contribution in [-0.2, 0) is 33.0 Å². The Labute approximate surface area is 204 Å². The van der Waals surface area contributed by atoms with Crippen LogP contribution in [-0.4, -0.2) is 70.7 Å². The zero-order chi connectivity index (χ0) is 25.9. The molecule has 0 unspecified atom stereocenters. The van der Waals surface area contributed by atoms with Gasteiger partial charge in [-0.25, -0.2) is 8.37 Å². The van der Waals surface area contributed by atoms with Gasteiger partial charge in [0.1, 0.15) is 35.9 Å². The molecule has 2 aromatic rings. The van der Waals surface area contributed by atoms with Crippen LogP contribution in [0.15, 0.2) is 54.6 Å². The number of halogens is 3. The second-order valence-electron chi connectivity index (χ2n) is 7.85. The average molecular weight is 536 g/mol. The highest BCUT2D eigenvalue weighted by molar-refractivity contribution is 7.81. The van der Waals surface area contributed by atoms with E-state index in [-0.39, 0.29) is 12.4 Å². The van der Waals surface area contributed by atoms with E-state index in [0.29, 0.717) is 11.3 Å². The summed E-state index contributed by atoms with van der Waals surface area (Å²) >= 11 is 0. The summed E-state index contributed by atoms with van der Waals surface area (Å²) in [5.74, 6) is 0.760. The molecule has 0 bridgehead atoms. The van der Waals surface area contributed by atoms with E-state index in [1.54, 1.807) is 42.5 Å².